The molecule has 0 aromatic heterocycles. The van der Waals surface area contributed by atoms with E-state index >= 15 is 0 Å². The van der Waals surface area contributed by atoms with Crippen LogP contribution in [-0.4, -0.2) is 18.0 Å². The third-order valence-electron chi connectivity index (χ3n) is 2.89. The van der Waals surface area contributed by atoms with E-state index in [1.54, 1.807) is 0 Å². The number of halogens is 1. The van der Waals surface area contributed by atoms with Crippen molar-refractivity contribution in [1.29, 1.82) is 0 Å². The first kappa shape index (κ1) is 11.8. The van der Waals surface area contributed by atoms with Gasteiger partial charge in [0.15, 0.2) is 0 Å². The molecule has 0 aliphatic carbocycles. The Morgan fingerprint density at radius 2 is 2.06 bits per heavy atom. The molecule has 1 unspecified atom stereocenters. The number of ether oxygens (including phenoxy) is 1. The second-order valence-electron chi connectivity index (χ2n) is 4.57. The fraction of sp³-hybridized carbons (Fsp3) is 0.462. The lowest BCUT2D eigenvalue weighted by Gasteiger charge is -2.33. The maximum absolute atomic E-state index is 11.4. The molecule has 1 aliphatic heterocycles. The van der Waals surface area contributed by atoms with Crippen molar-refractivity contribution in [3.63, 3.8) is 0 Å². The van der Waals surface area contributed by atoms with Gasteiger partial charge in [0.05, 0.1) is 12.2 Å². The summed E-state index contributed by atoms with van der Waals surface area (Å²) in [5, 5.41) is 0. The van der Waals surface area contributed by atoms with Crippen LogP contribution in [0.3, 0.4) is 0 Å². The molecule has 0 saturated carbocycles. The second-order valence-corrected chi connectivity index (χ2v) is 5.48. The molecule has 2 nitrogen and oxygen atoms in total. The van der Waals surface area contributed by atoms with Gasteiger partial charge < -0.3 is 4.74 Å². The van der Waals surface area contributed by atoms with E-state index in [0.29, 0.717) is 25.2 Å². The standard InChI is InChI=1S/C13H15BrO2/c1-13(9-12(15)6-7-16-13)8-10-2-4-11(14)5-3-10/h2-5H,6-9H2,1H3. The Morgan fingerprint density at radius 1 is 1.38 bits per heavy atom. The van der Waals surface area contributed by atoms with Crippen LogP contribution in [0.1, 0.15) is 25.3 Å². The van der Waals surface area contributed by atoms with Crippen molar-refractivity contribution in [2.75, 3.05) is 6.61 Å². The lowest BCUT2D eigenvalue weighted by molar-refractivity contribution is -0.137. The smallest absolute Gasteiger partial charge is 0.138 e. The Kier molecular flexibility index (Phi) is 3.45. The predicted octanol–water partition coefficient (Wildman–Crippen LogP) is 3.13. The largest absolute Gasteiger partial charge is 0.374 e. The van der Waals surface area contributed by atoms with E-state index in [1.807, 2.05) is 19.1 Å². The van der Waals surface area contributed by atoms with Crippen molar-refractivity contribution < 1.29 is 9.53 Å². The summed E-state index contributed by atoms with van der Waals surface area (Å²) < 4.78 is 6.81. The van der Waals surface area contributed by atoms with Crippen LogP contribution in [0.4, 0.5) is 0 Å². The molecule has 86 valence electrons. The minimum atomic E-state index is -0.316. The van der Waals surface area contributed by atoms with Crippen LogP contribution < -0.4 is 0 Å². The van der Waals surface area contributed by atoms with Gasteiger partial charge in [0.1, 0.15) is 5.78 Å². The summed E-state index contributed by atoms with van der Waals surface area (Å²) in [6, 6.07) is 8.17. The lowest BCUT2D eigenvalue weighted by Crippen LogP contribution is -2.39. The minimum absolute atomic E-state index is 0.311. The minimum Gasteiger partial charge on any atom is -0.374 e. The normalized spacial score (nSPS) is 25.8. The molecular weight excluding hydrogens is 268 g/mol. The van der Waals surface area contributed by atoms with E-state index < -0.39 is 0 Å². The van der Waals surface area contributed by atoms with Gasteiger partial charge in [-0.25, -0.2) is 0 Å². The van der Waals surface area contributed by atoms with E-state index in [9.17, 15) is 4.79 Å². The van der Waals surface area contributed by atoms with Crippen LogP contribution in [0.25, 0.3) is 0 Å². The SMILES string of the molecule is CC1(Cc2ccc(Br)cc2)CC(=O)CCO1. The number of benzene rings is 1. The highest BCUT2D eigenvalue weighted by atomic mass is 79.9. The third-order valence-corrected chi connectivity index (χ3v) is 3.42. The summed E-state index contributed by atoms with van der Waals surface area (Å²) in [5.74, 6) is 0.311. The van der Waals surface area contributed by atoms with Crippen molar-refractivity contribution in [1.82, 2.24) is 0 Å². The Balaban J connectivity index is 2.08. The molecule has 1 aromatic carbocycles. The van der Waals surface area contributed by atoms with Crippen molar-refractivity contribution in [3.05, 3.63) is 34.3 Å². The lowest BCUT2D eigenvalue weighted by atomic mass is 9.88. The maximum atomic E-state index is 11.4. The average molecular weight is 283 g/mol. The second kappa shape index (κ2) is 4.68. The van der Waals surface area contributed by atoms with E-state index in [1.165, 1.54) is 5.56 Å². The first-order valence-corrected chi connectivity index (χ1v) is 6.27. The summed E-state index contributed by atoms with van der Waals surface area (Å²) in [6.45, 7) is 2.58. The topological polar surface area (TPSA) is 26.3 Å². The van der Waals surface area contributed by atoms with Gasteiger partial charge >= 0.3 is 0 Å². The van der Waals surface area contributed by atoms with Gasteiger partial charge in [0.25, 0.3) is 0 Å². The number of rotatable bonds is 2. The molecule has 0 N–H and O–H groups in total. The quantitative estimate of drug-likeness (QED) is 0.833. The molecule has 0 amide bonds. The van der Waals surface area contributed by atoms with Crippen LogP contribution >= 0.6 is 15.9 Å². The number of carbonyl (C=O) groups is 1. The van der Waals surface area contributed by atoms with Gasteiger partial charge in [0.2, 0.25) is 0 Å². The summed E-state index contributed by atoms with van der Waals surface area (Å²) in [6.07, 6.45) is 1.89. The van der Waals surface area contributed by atoms with Crippen LogP contribution in [0.15, 0.2) is 28.7 Å². The van der Waals surface area contributed by atoms with Crippen LogP contribution in [0.5, 0.6) is 0 Å². The average Bonchev–Trinajstić information content (AvgIpc) is 2.21. The Labute approximate surface area is 104 Å². The van der Waals surface area contributed by atoms with E-state index in [2.05, 4.69) is 28.1 Å². The van der Waals surface area contributed by atoms with E-state index in [4.69, 9.17) is 4.74 Å². The Bertz CT molecular complexity index is 385. The number of Topliss-reactive ketones (excluding diaryl/α,β-unsaturated/α-hetero) is 1. The molecule has 1 aliphatic rings. The van der Waals surface area contributed by atoms with Gasteiger partial charge in [0, 0.05) is 23.7 Å². The fourth-order valence-electron chi connectivity index (χ4n) is 2.12. The Morgan fingerprint density at radius 3 is 2.69 bits per heavy atom. The first-order valence-electron chi connectivity index (χ1n) is 5.48. The van der Waals surface area contributed by atoms with E-state index in [0.717, 1.165) is 10.9 Å². The zero-order chi connectivity index (χ0) is 11.6. The highest BCUT2D eigenvalue weighted by Crippen LogP contribution is 2.27. The van der Waals surface area contributed by atoms with Gasteiger partial charge in [-0.1, -0.05) is 28.1 Å². The highest BCUT2D eigenvalue weighted by molar-refractivity contribution is 9.10. The number of carbonyl (C=O) groups excluding carboxylic acids is 1. The van der Waals surface area contributed by atoms with Crippen LogP contribution in [-0.2, 0) is 16.0 Å². The van der Waals surface area contributed by atoms with Gasteiger partial charge in [-0.05, 0) is 24.6 Å². The number of hydrogen-bond acceptors (Lipinski definition) is 2. The summed E-state index contributed by atoms with van der Waals surface area (Å²) in [4.78, 5) is 11.4. The summed E-state index contributed by atoms with van der Waals surface area (Å²) >= 11 is 3.41. The molecular formula is C13H15BrO2. The first-order chi connectivity index (χ1) is 7.57. The monoisotopic (exact) mass is 282 g/mol. The molecule has 0 spiro atoms. The van der Waals surface area contributed by atoms with E-state index in [-0.39, 0.29) is 5.60 Å². The van der Waals surface area contributed by atoms with Crippen molar-refractivity contribution in [2.24, 2.45) is 0 Å². The molecule has 1 aromatic rings. The van der Waals surface area contributed by atoms with Crippen molar-refractivity contribution >= 4 is 21.7 Å². The molecule has 1 saturated heterocycles. The van der Waals surface area contributed by atoms with Gasteiger partial charge in [-0.15, -0.1) is 0 Å². The summed E-state index contributed by atoms with van der Waals surface area (Å²) in [5.41, 5.74) is 0.892. The highest BCUT2D eigenvalue weighted by Gasteiger charge is 2.32. The molecule has 2 rings (SSSR count). The Hall–Kier alpha value is -0.670. The molecule has 16 heavy (non-hydrogen) atoms. The number of hydrogen-bond donors (Lipinski definition) is 0. The van der Waals surface area contributed by atoms with Crippen molar-refractivity contribution in [2.45, 2.75) is 31.8 Å². The molecule has 0 radical (unpaired) electrons. The zero-order valence-electron chi connectivity index (χ0n) is 9.33. The molecule has 1 heterocycles. The number of ketones is 1. The fourth-order valence-corrected chi connectivity index (χ4v) is 2.38. The van der Waals surface area contributed by atoms with Crippen LogP contribution in [0.2, 0.25) is 0 Å². The van der Waals surface area contributed by atoms with Gasteiger partial charge in [-0.3, -0.25) is 4.79 Å². The third kappa shape index (κ3) is 2.92. The summed E-state index contributed by atoms with van der Waals surface area (Å²) in [7, 11) is 0. The van der Waals surface area contributed by atoms with Gasteiger partial charge in [-0.2, -0.15) is 0 Å². The predicted molar refractivity (Wildman–Crippen MR) is 66.4 cm³/mol. The molecule has 1 fully saturated rings. The maximum Gasteiger partial charge on any atom is 0.138 e. The molecule has 1 atom stereocenters. The molecule has 0 bridgehead atoms. The zero-order valence-corrected chi connectivity index (χ0v) is 10.9. The van der Waals surface area contributed by atoms with Crippen molar-refractivity contribution in [3.8, 4) is 0 Å². The van der Waals surface area contributed by atoms with Crippen LogP contribution in [0, 0.1) is 0 Å². The molecule has 3 heteroatoms.